The second-order valence-corrected chi connectivity index (χ2v) is 7.45. The lowest BCUT2D eigenvalue weighted by atomic mass is 9.85. The van der Waals surface area contributed by atoms with E-state index >= 15 is 0 Å². The molecular formula is C25H26O. The molecule has 2 aromatic rings. The van der Waals surface area contributed by atoms with Crippen LogP contribution in [-0.4, -0.2) is 5.78 Å². The van der Waals surface area contributed by atoms with E-state index in [0.717, 1.165) is 25.7 Å². The van der Waals surface area contributed by atoms with Gasteiger partial charge in [0.25, 0.3) is 0 Å². The second-order valence-electron chi connectivity index (χ2n) is 7.45. The number of fused-ring (bicyclic) bond motifs is 1. The summed E-state index contributed by atoms with van der Waals surface area (Å²) in [6.45, 7) is 2.25. The molecule has 0 bridgehead atoms. The normalized spacial score (nSPS) is 21.3. The Kier molecular flexibility index (Phi) is 4.88. The van der Waals surface area contributed by atoms with E-state index in [0.29, 0.717) is 18.1 Å². The summed E-state index contributed by atoms with van der Waals surface area (Å²) in [4.78, 5) is 12.9. The SMILES string of the molecule is CCC1C(CCC(=O)C2CCc3ccccc32)=CC=C1c1ccccc1. The van der Waals surface area contributed by atoms with Gasteiger partial charge in [-0.25, -0.2) is 0 Å². The van der Waals surface area contributed by atoms with Crippen molar-refractivity contribution in [3.63, 3.8) is 0 Å². The van der Waals surface area contributed by atoms with Crippen LogP contribution in [0.4, 0.5) is 0 Å². The molecule has 0 aliphatic heterocycles. The van der Waals surface area contributed by atoms with Crippen LogP contribution >= 0.6 is 0 Å². The van der Waals surface area contributed by atoms with E-state index in [-0.39, 0.29) is 5.92 Å². The highest BCUT2D eigenvalue weighted by molar-refractivity contribution is 5.87. The van der Waals surface area contributed by atoms with Crippen molar-refractivity contribution in [2.45, 2.75) is 44.9 Å². The summed E-state index contributed by atoms with van der Waals surface area (Å²) in [5.74, 6) is 0.995. The highest BCUT2D eigenvalue weighted by Gasteiger charge is 2.29. The molecule has 2 atom stereocenters. The number of carbonyl (C=O) groups is 1. The van der Waals surface area contributed by atoms with Crippen molar-refractivity contribution in [3.05, 3.63) is 89.0 Å². The third-order valence-corrected chi connectivity index (χ3v) is 6.00. The predicted octanol–water partition coefficient (Wildman–Crippen LogP) is 6.12. The predicted molar refractivity (Wildman–Crippen MR) is 108 cm³/mol. The van der Waals surface area contributed by atoms with Crippen LogP contribution in [0.15, 0.2) is 72.3 Å². The maximum atomic E-state index is 12.9. The lowest BCUT2D eigenvalue weighted by molar-refractivity contribution is -0.120. The lowest BCUT2D eigenvalue weighted by Crippen LogP contribution is -2.11. The zero-order chi connectivity index (χ0) is 17.9. The molecule has 2 aromatic carbocycles. The molecule has 26 heavy (non-hydrogen) atoms. The van der Waals surface area contributed by atoms with Crippen LogP contribution < -0.4 is 0 Å². The summed E-state index contributed by atoms with van der Waals surface area (Å²) in [7, 11) is 0. The topological polar surface area (TPSA) is 17.1 Å². The third-order valence-electron chi connectivity index (χ3n) is 6.00. The fraction of sp³-hybridized carbons (Fsp3) is 0.320. The maximum absolute atomic E-state index is 12.9. The summed E-state index contributed by atoms with van der Waals surface area (Å²) in [6, 6.07) is 19.1. The quantitative estimate of drug-likeness (QED) is 0.618. The molecule has 1 heteroatoms. The van der Waals surface area contributed by atoms with Gasteiger partial charge in [0, 0.05) is 18.3 Å². The number of hydrogen-bond acceptors (Lipinski definition) is 1. The van der Waals surface area contributed by atoms with Gasteiger partial charge in [-0.1, -0.05) is 79.2 Å². The third kappa shape index (κ3) is 3.19. The first-order valence-electron chi connectivity index (χ1n) is 9.84. The van der Waals surface area contributed by atoms with Crippen molar-refractivity contribution < 1.29 is 4.79 Å². The van der Waals surface area contributed by atoms with Gasteiger partial charge in [-0.3, -0.25) is 4.79 Å². The van der Waals surface area contributed by atoms with Gasteiger partial charge in [0.2, 0.25) is 0 Å². The van der Waals surface area contributed by atoms with Crippen LogP contribution in [-0.2, 0) is 11.2 Å². The molecule has 0 N–H and O–H groups in total. The van der Waals surface area contributed by atoms with Gasteiger partial charge >= 0.3 is 0 Å². The Morgan fingerprint density at radius 3 is 2.58 bits per heavy atom. The number of Topliss-reactive ketones (excluding diaryl/α,β-unsaturated/α-hetero) is 1. The fourth-order valence-electron chi connectivity index (χ4n) is 4.63. The Hall–Kier alpha value is -2.41. The molecule has 2 aliphatic carbocycles. The molecule has 4 rings (SSSR count). The maximum Gasteiger partial charge on any atom is 0.140 e. The highest BCUT2D eigenvalue weighted by atomic mass is 16.1. The minimum Gasteiger partial charge on any atom is -0.299 e. The summed E-state index contributed by atoms with van der Waals surface area (Å²) >= 11 is 0. The molecule has 0 heterocycles. The monoisotopic (exact) mass is 342 g/mol. The minimum atomic E-state index is 0.120. The molecule has 132 valence electrons. The zero-order valence-electron chi connectivity index (χ0n) is 15.4. The van der Waals surface area contributed by atoms with Crippen molar-refractivity contribution >= 4 is 11.4 Å². The number of ketones is 1. The first-order valence-corrected chi connectivity index (χ1v) is 9.84. The van der Waals surface area contributed by atoms with Crippen LogP contribution in [0.2, 0.25) is 0 Å². The van der Waals surface area contributed by atoms with E-state index < -0.39 is 0 Å². The molecule has 0 radical (unpaired) electrons. The Bertz CT molecular complexity index is 857. The van der Waals surface area contributed by atoms with E-state index in [4.69, 9.17) is 0 Å². The first-order chi connectivity index (χ1) is 12.8. The van der Waals surface area contributed by atoms with Gasteiger partial charge in [-0.15, -0.1) is 0 Å². The van der Waals surface area contributed by atoms with E-state index in [1.807, 2.05) is 0 Å². The molecule has 0 aromatic heterocycles. The average Bonchev–Trinajstić information content (AvgIpc) is 3.30. The standard InChI is InChI=1S/C25H26O/c1-2-21-20(12-15-23(21)18-8-4-3-5-9-18)14-17-25(26)24-16-13-19-10-6-7-11-22(19)24/h3-12,15,21,24H,2,13-14,16-17H2,1H3. The Morgan fingerprint density at radius 1 is 1.00 bits per heavy atom. The minimum absolute atomic E-state index is 0.120. The molecule has 0 saturated carbocycles. The number of rotatable bonds is 6. The number of aryl methyl sites for hydroxylation is 1. The second kappa shape index (κ2) is 7.45. The number of hydrogen-bond donors (Lipinski definition) is 0. The molecule has 0 spiro atoms. The smallest absolute Gasteiger partial charge is 0.140 e. The molecule has 2 unspecified atom stereocenters. The van der Waals surface area contributed by atoms with Crippen molar-refractivity contribution in [2.75, 3.05) is 0 Å². The van der Waals surface area contributed by atoms with Gasteiger partial charge in [0.15, 0.2) is 0 Å². The van der Waals surface area contributed by atoms with Crippen molar-refractivity contribution in [3.8, 4) is 0 Å². The largest absolute Gasteiger partial charge is 0.299 e. The molecule has 0 amide bonds. The Labute approximate surface area is 156 Å². The summed E-state index contributed by atoms with van der Waals surface area (Å²) in [5, 5.41) is 0. The lowest BCUT2D eigenvalue weighted by Gasteiger charge is -2.19. The number of carbonyl (C=O) groups excluding carboxylic acids is 1. The van der Waals surface area contributed by atoms with Crippen molar-refractivity contribution in [2.24, 2.45) is 5.92 Å². The summed E-state index contributed by atoms with van der Waals surface area (Å²) in [6.07, 6.45) is 9.20. The van der Waals surface area contributed by atoms with Crippen LogP contribution in [0.25, 0.3) is 5.57 Å². The first kappa shape index (κ1) is 17.0. The number of benzene rings is 2. The molecule has 2 aliphatic rings. The fourth-order valence-corrected chi connectivity index (χ4v) is 4.63. The van der Waals surface area contributed by atoms with Crippen LogP contribution in [0.3, 0.4) is 0 Å². The van der Waals surface area contributed by atoms with Gasteiger partial charge < -0.3 is 0 Å². The number of allylic oxidation sites excluding steroid dienone is 4. The molecular weight excluding hydrogens is 316 g/mol. The molecule has 0 saturated heterocycles. The van der Waals surface area contributed by atoms with E-state index in [1.54, 1.807) is 0 Å². The Balaban J connectivity index is 1.41. The van der Waals surface area contributed by atoms with Gasteiger partial charge in [0.1, 0.15) is 5.78 Å². The molecule has 0 fully saturated rings. The summed E-state index contributed by atoms with van der Waals surface area (Å²) in [5.41, 5.74) is 6.77. The van der Waals surface area contributed by atoms with E-state index in [2.05, 4.69) is 73.7 Å². The molecule has 1 nitrogen and oxygen atoms in total. The Morgan fingerprint density at radius 2 is 1.77 bits per heavy atom. The van der Waals surface area contributed by atoms with Crippen LogP contribution in [0.1, 0.15) is 55.2 Å². The van der Waals surface area contributed by atoms with Gasteiger partial charge in [-0.2, -0.15) is 0 Å². The summed E-state index contributed by atoms with van der Waals surface area (Å²) < 4.78 is 0. The van der Waals surface area contributed by atoms with Gasteiger partial charge in [0.05, 0.1) is 0 Å². The van der Waals surface area contributed by atoms with Crippen LogP contribution in [0.5, 0.6) is 0 Å². The van der Waals surface area contributed by atoms with Crippen molar-refractivity contribution in [1.82, 2.24) is 0 Å². The van der Waals surface area contributed by atoms with E-state index in [1.165, 1.54) is 27.8 Å². The highest BCUT2D eigenvalue weighted by Crippen LogP contribution is 2.40. The van der Waals surface area contributed by atoms with Crippen LogP contribution in [0, 0.1) is 5.92 Å². The van der Waals surface area contributed by atoms with Gasteiger partial charge in [-0.05, 0) is 47.9 Å². The average molecular weight is 342 g/mol. The van der Waals surface area contributed by atoms with E-state index in [9.17, 15) is 4.79 Å². The zero-order valence-corrected chi connectivity index (χ0v) is 15.4. The van der Waals surface area contributed by atoms with Crippen molar-refractivity contribution in [1.29, 1.82) is 0 Å².